The predicted octanol–water partition coefficient (Wildman–Crippen LogP) is 1.10. The number of ether oxygens (including phenoxy) is 1. The first kappa shape index (κ1) is 17.5. The van der Waals surface area contributed by atoms with Crippen LogP contribution in [0.3, 0.4) is 0 Å². The Bertz CT molecular complexity index is 551. The van der Waals surface area contributed by atoms with Crippen molar-refractivity contribution in [3.8, 4) is 0 Å². The topological polar surface area (TPSA) is 59.8 Å². The fourth-order valence-electron chi connectivity index (χ4n) is 3.20. The average Bonchev–Trinajstić information content (AvgIpc) is 2.51. The first-order chi connectivity index (χ1) is 11.0. The molecule has 0 bridgehead atoms. The first-order valence-corrected chi connectivity index (χ1v) is 8.37. The molecule has 23 heavy (non-hydrogen) atoms. The number of esters is 1. The lowest BCUT2D eigenvalue weighted by atomic mass is 9.98. The van der Waals surface area contributed by atoms with Gasteiger partial charge in [0.05, 0.1) is 19.7 Å². The predicted molar refractivity (Wildman–Crippen MR) is 89.5 cm³/mol. The van der Waals surface area contributed by atoms with Gasteiger partial charge in [-0.1, -0.05) is 18.2 Å². The van der Waals surface area contributed by atoms with Gasteiger partial charge in [-0.3, -0.25) is 9.59 Å². The second kappa shape index (κ2) is 8.11. The van der Waals surface area contributed by atoms with Crippen LogP contribution in [0.5, 0.6) is 0 Å². The molecule has 1 heterocycles. The molecule has 1 aliphatic heterocycles. The molecular formula is C18H27N2O3+. The SMILES string of the molecule is CCOC(=O)[C@@H]1CCC[NH+](CC(=O)Nc2c(C)cccc2C)C1. The van der Waals surface area contributed by atoms with E-state index in [0.29, 0.717) is 19.7 Å². The maximum atomic E-state index is 12.3. The number of nitrogens with one attached hydrogen (secondary N) is 2. The summed E-state index contributed by atoms with van der Waals surface area (Å²) in [5.41, 5.74) is 3.03. The summed E-state index contributed by atoms with van der Waals surface area (Å²) in [5.74, 6) is -0.200. The minimum absolute atomic E-state index is 0.00177. The van der Waals surface area contributed by atoms with Crippen LogP contribution in [0.15, 0.2) is 18.2 Å². The number of quaternary nitrogens is 1. The second-order valence-electron chi connectivity index (χ2n) is 6.29. The number of hydrogen-bond acceptors (Lipinski definition) is 3. The van der Waals surface area contributed by atoms with Gasteiger partial charge in [0, 0.05) is 5.69 Å². The standard InChI is InChI=1S/C18H26N2O3/c1-4-23-18(22)15-9-6-10-20(11-15)12-16(21)19-17-13(2)7-5-8-14(17)3/h5,7-8,15H,4,6,9-12H2,1-3H3,(H,19,21)/p+1/t15-/m1/s1. The Kier molecular flexibility index (Phi) is 6.16. The van der Waals surface area contributed by atoms with Gasteiger partial charge < -0.3 is 15.0 Å². The molecule has 0 spiro atoms. The number of carbonyl (C=O) groups excluding carboxylic acids is 2. The number of amides is 1. The third-order valence-corrected chi connectivity index (χ3v) is 4.39. The summed E-state index contributed by atoms with van der Waals surface area (Å²) >= 11 is 0. The number of hydrogen-bond donors (Lipinski definition) is 2. The van der Waals surface area contributed by atoms with Gasteiger partial charge in [0.15, 0.2) is 6.54 Å². The lowest BCUT2D eigenvalue weighted by Crippen LogP contribution is -3.14. The van der Waals surface area contributed by atoms with Crippen LogP contribution in [0.2, 0.25) is 0 Å². The molecule has 1 aliphatic rings. The molecule has 2 atom stereocenters. The van der Waals surface area contributed by atoms with Crippen LogP contribution in [0, 0.1) is 19.8 Å². The van der Waals surface area contributed by atoms with Gasteiger partial charge in [0.1, 0.15) is 5.92 Å². The number of para-hydroxylation sites is 1. The van der Waals surface area contributed by atoms with E-state index in [1.807, 2.05) is 39.0 Å². The molecule has 0 radical (unpaired) electrons. The quantitative estimate of drug-likeness (QED) is 0.799. The smallest absolute Gasteiger partial charge is 0.314 e. The zero-order chi connectivity index (χ0) is 16.8. The van der Waals surface area contributed by atoms with Gasteiger partial charge in [-0.15, -0.1) is 0 Å². The molecule has 126 valence electrons. The highest BCUT2D eigenvalue weighted by molar-refractivity contribution is 5.93. The van der Waals surface area contributed by atoms with Crippen molar-refractivity contribution in [1.82, 2.24) is 0 Å². The molecule has 0 saturated carbocycles. The van der Waals surface area contributed by atoms with E-state index in [2.05, 4.69) is 5.32 Å². The number of likely N-dealkylation sites (tertiary alicyclic amines) is 1. The molecule has 1 aromatic carbocycles. The molecule has 1 aromatic rings. The Morgan fingerprint density at radius 3 is 2.65 bits per heavy atom. The lowest BCUT2D eigenvalue weighted by molar-refractivity contribution is -0.899. The summed E-state index contributed by atoms with van der Waals surface area (Å²) < 4.78 is 5.11. The molecule has 1 unspecified atom stereocenters. The van der Waals surface area contributed by atoms with Gasteiger partial charge in [-0.05, 0) is 44.7 Å². The van der Waals surface area contributed by atoms with Gasteiger partial charge in [-0.25, -0.2) is 0 Å². The Labute approximate surface area is 138 Å². The number of piperidine rings is 1. The average molecular weight is 319 g/mol. The Morgan fingerprint density at radius 2 is 2.00 bits per heavy atom. The zero-order valence-electron chi connectivity index (χ0n) is 14.3. The molecule has 5 nitrogen and oxygen atoms in total. The number of rotatable bonds is 5. The van der Waals surface area contributed by atoms with Crippen LogP contribution < -0.4 is 10.2 Å². The minimum Gasteiger partial charge on any atom is -0.466 e. The van der Waals surface area contributed by atoms with E-state index in [1.165, 1.54) is 0 Å². The Balaban J connectivity index is 1.91. The Morgan fingerprint density at radius 1 is 1.30 bits per heavy atom. The number of carbonyl (C=O) groups is 2. The van der Waals surface area contributed by atoms with E-state index in [4.69, 9.17) is 4.74 Å². The van der Waals surface area contributed by atoms with Crippen molar-refractivity contribution in [2.75, 3.05) is 31.6 Å². The molecule has 1 fully saturated rings. The van der Waals surface area contributed by atoms with Gasteiger partial charge in [0.25, 0.3) is 5.91 Å². The fraction of sp³-hybridized carbons (Fsp3) is 0.556. The van der Waals surface area contributed by atoms with Crippen molar-refractivity contribution in [3.63, 3.8) is 0 Å². The largest absolute Gasteiger partial charge is 0.466 e. The summed E-state index contributed by atoms with van der Waals surface area (Å²) in [5, 5.41) is 3.02. The van der Waals surface area contributed by atoms with Gasteiger partial charge >= 0.3 is 5.97 Å². The van der Waals surface area contributed by atoms with E-state index in [9.17, 15) is 9.59 Å². The van der Waals surface area contributed by atoms with Gasteiger partial charge in [-0.2, -0.15) is 0 Å². The van der Waals surface area contributed by atoms with Crippen molar-refractivity contribution in [2.45, 2.75) is 33.6 Å². The van der Waals surface area contributed by atoms with Crippen LogP contribution in [-0.4, -0.2) is 38.1 Å². The number of anilines is 1. The van der Waals surface area contributed by atoms with Crippen molar-refractivity contribution in [3.05, 3.63) is 29.3 Å². The fourth-order valence-corrected chi connectivity index (χ4v) is 3.20. The maximum absolute atomic E-state index is 12.3. The molecule has 0 aliphatic carbocycles. The highest BCUT2D eigenvalue weighted by Crippen LogP contribution is 2.19. The van der Waals surface area contributed by atoms with Gasteiger partial charge in [0.2, 0.25) is 0 Å². The van der Waals surface area contributed by atoms with Crippen molar-refractivity contribution in [2.24, 2.45) is 5.92 Å². The highest BCUT2D eigenvalue weighted by Gasteiger charge is 2.30. The van der Waals surface area contributed by atoms with Crippen LogP contribution in [0.4, 0.5) is 5.69 Å². The van der Waals surface area contributed by atoms with Crippen molar-refractivity contribution in [1.29, 1.82) is 0 Å². The second-order valence-corrected chi connectivity index (χ2v) is 6.29. The molecule has 5 heteroatoms. The normalized spacial score (nSPS) is 20.8. The zero-order valence-corrected chi connectivity index (χ0v) is 14.3. The summed E-state index contributed by atoms with van der Waals surface area (Å²) in [6.07, 6.45) is 1.82. The third-order valence-electron chi connectivity index (χ3n) is 4.39. The van der Waals surface area contributed by atoms with Crippen LogP contribution in [0.1, 0.15) is 30.9 Å². The van der Waals surface area contributed by atoms with Crippen molar-refractivity contribution < 1.29 is 19.2 Å². The summed E-state index contributed by atoms with van der Waals surface area (Å²) in [4.78, 5) is 25.4. The van der Waals surface area contributed by atoms with Crippen molar-refractivity contribution >= 4 is 17.6 Å². The molecule has 2 N–H and O–H groups in total. The lowest BCUT2D eigenvalue weighted by Gasteiger charge is -2.28. The summed E-state index contributed by atoms with van der Waals surface area (Å²) in [6.45, 7) is 8.22. The number of aryl methyl sites for hydroxylation is 2. The van der Waals surface area contributed by atoms with Crippen LogP contribution >= 0.6 is 0 Å². The monoisotopic (exact) mass is 319 g/mol. The maximum Gasteiger partial charge on any atom is 0.314 e. The van der Waals surface area contributed by atoms with E-state index in [1.54, 1.807) is 0 Å². The molecule has 0 aromatic heterocycles. The highest BCUT2D eigenvalue weighted by atomic mass is 16.5. The van der Waals surface area contributed by atoms with E-state index in [0.717, 1.165) is 41.1 Å². The van der Waals surface area contributed by atoms with Crippen LogP contribution in [0.25, 0.3) is 0 Å². The molecule has 2 rings (SSSR count). The van der Waals surface area contributed by atoms with E-state index >= 15 is 0 Å². The molecular weight excluding hydrogens is 292 g/mol. The van der Waals surface area contributed by atoms with E-state index < -0.39 is 0 Å². The molecule has 1 saturated heterocycles. The summed E-state index contributed by atoms with van der Waals surface area (Å²) in [7, 11) is 0. The summed E-state index contributed by atoms with van der Waals surface area (Å²) in [6, 6.07) is 5.97. The third kappa shape index (κ3) is 4.79. The molecule has 1 amide bonds. The minimum atomic E-state index is -0.125. The van der Waals surface area contributed by atoms with E-state index in [-0.39, 0.29) is 17.8 Å². The number of benzene rings is 1. The van der Waals surface area contributed by atoms with Crippen LogP contribution in [-0.2, 0) is 14.3 Å². The first-order valence-electron chi connectivity index (χ1n) is 8.37. The Hall–Kier alpha value is -1.88.